The normalized spacial score (nSPS) is 12.5. The van der Waals surface area contributed by atoms with Crippen molar-refractivity contribution in [2.45, 2.75) is 12.5 Å². The first-order valence-corrected chi connectivity index (χ1v) is 4.97. The van der Waals surface area contributed by atoms with Crippen LogP contribution in [0.4, 0.5) is 0 Å². The van der Waals surface area contributed by atoms with Crippen LogP contribution in [0.3, 0.4) is 0 Å². The molecule has 1 aromatic carbocycles. The molecule has 1 atom stereocenters. The molecule has 1 amide bonds. The average molecular weight is 290 g/mol. The summed E-state index contributed by atoms with van der Waals surface area (Å²) in [6, 6.07) is 7.45. The minimum absolute atomic E-state index is 0.195. The van der Waals surface area contributed by atoms with Crippen LogP contribution in [0, 0.1) is 3.57 Å². The summed E-state index contributed by atoms with van der Waals surface area (Å²) in [7, 11) is 0. The van der Waals surface area contributed by atoms with Crippen LogP contribution in [-0.4, -0.2) is 5.91 Å². The highest BCUT2D eigenvalue weighted by molar-refractivity contribution is 14.1. The van der Waals surface area contributed by atoms with E-state index in [4.69, 9.17) is 11.5 Å². The second kappa shape index (κ2) is 4.57. The van der Waals surface area contributed by atoms with Crippen molar-refractivity contribution in [3.63, 3.8) is 0 Å². The third kappa shape index (κ3) is 3.31. The van der Waals surface area contributed by atoms with Gasteiger partial charge in [0.25, 0.3) is 0 Å². The predicted molar refractivity (Wildman–Crippen MR) is 59.9 cm³/mol. The van der Waals surface area contributed by atoms with Gasteiger partial charge in [0, 0.05) is 16.0 Å². The third-order valence-corrected chi connectivity index (χ3v) is 2.37. The summed E-state index contributed by atoms with van der Waals surface area (Å²) >= 11 is 2.20. The largest absolute Gasteiger partial charge is 0.370 e. The number of carbonyl (C=O) groups is 1. The highest BCUT2D eigenvalue weighted by Crippen LogP contribution is 2.16. The molecule has 0 aliphatic rings. The number of hydrogen-bond acceptors (Lipinski definition) is 2. The van der Waals surface area contributed by atoms with E-state index in [1.165, 1.54) is 0 Å². The van der Waals surface area contributed by atoms with Crippen molar-refractivity contribution in [2.75, 3.05) is 0 Å². The minimum Gasteiger partial charge on any atom is -0.370 e. The lowest BCUT2D eigenvalue weighted by Crippen LogP contribution is -2.20. The summed E-state index contributed by atoms with van der Waals surface area (Å²) < 4.78 is 1.11. The van der Waals surface area contributed by atoms with Crippen molar-refractivity contribution in [1.29, 1.82) is 0 Å². The van der Waals surface area contributed by atoms with Gasteiger partial charge in [0.15, 0.2) is 0 Å². The number of primary amides is 1. The predicted octanol–water partition coefficient (Wildman–Crippen LogP) is 1.17. The molecule has 0 aliphatic carbocycles. The van der Waals surface area contributed by atoms with E-state index in [1.54, 1.807) is 0 Å². The van der Waals surface area contributed by atoms with Crippen LogP contribution in [0.5, 0.6) is 0 Å². The molecular formula is C9H11IN2O. The summed E-state index contributed by atoms with van der Waals surface area (Å²) in [6.07, 6.45) is 0.195. The smallest absolute Gasteiger partial charge is 0.219 e. The summed E-state index contributed by atoms with van der Waals surface area (Å²) in [4.78, 5) is 10.6. The topological polar surface area (TPSA) is 69.1 Å². The molecule has 0 radical (unpaired) electrons. The molecule has 0 saturated carbocycles. The van der Waals surface area contributed by atoms with E-state index < -0.39 is 0 Å². The lowest BCUT2D eigenvalue weighted by Gasteiger charge is -2.09. The van der Waals surface area contributed by atoms with Crippen molar-refractivity contribution in [1.82, 2.24) is 0 Å². The Kier molecular flexibility index (Phi) is 3.68. The quantitative estimate of drug-likeness (QED) is 0.820. The summed E-state index contributed by atoms with van der Waals surface area (Å²) in [6.45, 7) is 0. The van der Waals surface area contributed by atoms with Crippen LogP contribution in [0.2, 0.25) is 0 Å². The standard InChI is InChI=1S/C9H11IN2O/c10-7-3-1-2-6(4-7)8(11)5-9(12)13/h1-4,8H,5,11H2,(H2,12,13)/t8-/m1/s1. The average Bonchev–Trinajstić information content (AvgIpc) is 2.03. The van der Waals surface area contributed by atoms with Crippen molar-refractivity contribution in [3.05, 3.63) is 33.4 Å². The molecule has 0 fully saturated rings. The minimum atomic E-state index is -0.369. The second-order valence-corrected chi connectivity index (χ2v) is 4.08. The third-order valence-electron chi connectivity index (χ3n) is 1.70. The molecule has 3 nitrogen and oxygen atoms in total. The van der Waals surface area contributed by atoms with Gasteiger partial charge < -0.3 is 11.5 Å². The fraction of sp³-hybridized carbons (Fsp3) is 0.222. The molecule has 0 aliphatic heterocycles. The first kappa shape index (κ1) is 10.5. The van der Waals surface area contributed by atoms with Gasteiger partial charge in [-0.15, -0.1) is 0 Å². The van der Waals surface area contributed by atoms with Crippen LogP contribution in [0.1, 0.15) is 18.0 Å². The van der Waals surface area contributed by atoms with Gasteiger partial charge in [-0.2, -0.15) is 0 Å². The zero-order chi connectivity index (χ0) is 9.84. The van der Waals surface area contributed by atoms with Crippen molar-refractivity contribution < 1.29 is 4.79 Å². The van der Waals surface area contributed by atoms with Gasteiger partial charge in [0.05, 0.1) is 0 Å². The van der Waals surface area contributed by atoms with Gasteiger partial charge >= 0.3 is 0 Å². The Labute approximate surface area is 90.6 Å². The molecule has 0 saturated heterocycles. The van der Waals surface area contributed by atoms with Crippen LogP contribution in [0.25, 0.3) is 0 Å². The maximum Gasteiger partial charge on any atom is 0.219 e. The number of halogens is 1. The van der Waals surface area contributed by atoms with E-state index in [0.717, 1.165) is 9.13 Å². The van der Waals surface area contributed by atoms with E-state index in [0.29, 0.717) is 0 Å². The first-order chi connectivity index (χ1) is 6.09. The Balaban J connectivity index is 2.76. The molecule has 1 aromatic rings. The summed E-state index contributed by atoms with van der Waals surface area (Å²) in [5.41, 5.74) is 11.8. The molecular weight excluding hydrogens is 279 g/mol. The van der Waals surface area contributed by atoms with Gasteiger partial charge in [-0.25, -0.2) is 0 Å². The van der Waals surface area contributed by atoms with E-state index in [-0.39, 0.29) is 18.4 Å². The van der Waals surface area contributed by atoms with Gasteiger partial charge in [-0.1, -0.05) is 12.1 Å². The van der Waals surface area contributed by atoms with E-state index in [2.05, 4.69) is 22.6 Å². The molecule has 0 heterocycles. The van der Waals surface area contributed by atoms with Crippen LogP contribution in [-0.2, 0) is 4.79 Å². The number of amides is 1. The van der Waals surface area contributed by atoms with Gasteiger partial charge in [0.2, 0.25) is 5.91 Å². The van der Waals surface area contributed by atoms with Crippen LogP contribution in [0.15, 0.2) is 24.3 Å². The number of rotatable bonds is 3. The first-order valence-electron chi connectivity index (χ1n) is 3.89. The fourth-order valence-electron chi connectivity index (χ4n) is 1.07. The van der Waals surface area contributed by atoms with Crippen molar-refractivity contribution in [2.24, 2.45) is 11.5 Å². The molecule has 13 heavy (non-hydrogen) atoms. The SMILES string of the molecule is NC(=O)C[C@@H](N)c1cccc(I)c1. The van der Waals surface area contributed by atoms with Gasteiger partial charge in [-0.3, -0.25) is 4.79 Å². The Morgan fingerprint density at radius 3 is 2.77 bits per heavy atom. The van der Waals surface area contributed by atoms with Crippen molar-refractivity contribution in [3.8, 4) is 0 Å². The molecule has 0 unspecified atom stereocenters. The fourth-order valence-corrected chi connectivity index (χ4v) is 1.64. The number of benzene rings is 1. The molecule has 0 spiro atoms. The molecule has 0 bridgehead atoms. The van der Waals surface area contributed by atoms with Gasteiger partial charge in [-0.05, 0) is 40.3 Å². The van der Waals surface area contributed by atoms with Crippen LogP contribution < -0.4 is 11.5 Å². The zero-order valence-corrected chi connectivity index (χ0v) is 9.19. The van der Waals surface area contributed by atoms with Gasteiger partial charge in [0.1, 0.15) is 0 Å². The molecule has 1 rings (SSSR count). The number of carbonyl (C=O) groups excluding carboxylic acids is 1. The summed E-state index contributed by atoms with van der Waals surface area (Å²) in [5.74, 6) is -0.369. The van der Waals surface area contributed by atoms with E-state index >= 15 is 0 Å². The number of nitrogens with two attached hydrogens (primary N) is 2. The molecule has 4 N–H and O–H groups in total. The monoisotopic (exact) mass is 290 g/mol. The lowest BCUT2D eigenvalue weighted by molar-refractivity contribution is -0.118. The number of hydrogen-bond donors (Lipinski definition) is 2. The van der Waals surface area contributed by atoms with E-state index in [9.17, 15) is 4.79 Å². The van der Waals surface area contributed by atoms with Crippen LogP contribution >= 0.6 is 22.6 Å². The molecule has 70 valence electrons. The Bertz CT molecular complexity index is 314. The highest BCUT2D eigenvalue weighted by Gasteiger charge is 2.08. The Morgan fingerprint density at radius 2 is 2.23 bits per heavy atom. The zero-order valence-electron chi connectivity index (χ0n) is 7.03. The lowest BCUT2D eigenvalue weighted by atomic mass is 10.1. The molecule has 4 heteroatoms. The summed E-state index contributed by atoms with van der Waals surface area (Å²) in [5, 5.41) is 0. The second-order valence-electron chi connectivity index (χ2n) is 2.83. The van der Waals surface area contributed by atoms with Crippen molar-refractivity contribution >= 4 is 28.5 Å². The molecule has 0 aromatic heterocycles. The maximum absolute atomic E-state index is 10.6. The Hall–Kier alpha value is -0.620. The maximum atomic E-state index is 10.6. The van der Waals surface area contributed by atoms with E-state index in [1.807, 2.05) is 24.3 Å². The Morgan fingerprint density at radius 1 is 1.54 bits per heavy atom. The highest BCUT2D eigenvalue weighted by atomic mass is 127.